The summed E-state index contributed by atoms with van der Waals surface area (Å²) in [7, 11) is 0. The van der Waals surface area contributed by atoms with Gasteiger partial charge in [0, 0.05) is 23.6 Å². The summed E-state index contributed by atoms with van der Waals surface area (Å²) < 4.78 is 6.13. The Balaban J connectivity index is 1.62. The molecule has 1 aromatic rings. The minimum atomic E-state index is 0.226. The molecule has 0 radical (unpaired) electrons. The molecular weight excluding hydrogens is 254 g/mol. The van der Waals surface area contributed by atoms with Crippen molar-refractivity contribution in [1.82, 2.24) is 5.32 Å². The van der Waals surface area contributed by atoms with Crippen LogP contribution >= 0.6 is 11.3 Å². The molecule has 2 nitrogen and oxygen atoms in total. The molecule has 1 saturated heterocycles. The minimum absolute atomic E-state index is 0.226. The van der Waals surface area contributed by atoms with Crippen LogP contribution in [-0.2, 0) is 4.74 Å². The standard InChI is InChI=1S/C16H25NOS/c1-2-14(15-6-5-11-19-15)17-13-7-10-18-16(12-13)8-3-4-9-16/h5-6,11,13-14,17H,2-4,7-10,12H2,1H3. The van der Waals surface area contributed by atoms with Gasteiger partial charge in [0.1, 0.15) is 0 Å². The smallest absolute Gasteiger partial charge is 0.0697 e. The van der Waals surface area contributed by atoms with E-state index in [9.17, 15) is 0 Å². The van der Waals surface area contributed by atoms with Crippen molar-refractivity contribution in [2.45, 2.75) is 69.6 Å². The van der Waals surface area contributed by atoms with Gasteiger partial charge in [-0.1, -0.05) is 25.8 Å². The fourth-order valence-corrected chi connectivity index (χ4v) is 4.58. The van der Waals surface area contributed by atoms with Gasteiger partial charge in [-0.3, -0.25) is 0 Å². The van der Waals surface area contributed by atoms with Crippen LogP contribution in [0, 0.1) is 0 Å². The molecule has 3 heteroatoms. The van der Waals surface area contributed by atoms with Crippen LogP contribution in [0.25, 0.3) is 0 Å². The van der Waals surface area contributed by atoms with Crippen LogP contribution in [0.15, 0.2) is 17.5 Å². The quantitative estimate of drug-likeness (QED) is 0.888. The second kappa shape index (κ2) is 5.94. The van der Waals surface area contributed by atoms with Gasteiger partial charge in [-0.05, 0) is 43.6 Å². The summed E-state index contributed by atoms with van der Waals surface area (Å²) in [4.78, 5) is 1.48. The lowest BCUT2D eigenvalue weighted by atomic mass is 9.88. The Hall–Kier alpha value is -0.380. The summed E-state index contributed by atoms with van der Waals surface area (Å²) in [5, 5.41) is 6.07. The van der Waals surface area contributed by atoms with Gasteiger partial charge in [0.25, 0.3) is 0 Å². The molecule has 1 aromatic heterocycles. The van der Waals surface area contributed by atoms with Gasteiger partial charge in [0.15, 0.2) is 0 Å². The van der Waals surface area contributed by atoms with Crippen molar-refractivity contribution < 1.29 is 4.74 Å². The highest BCUT2D eigenvalue weighted by Gasteiger charge is 2.40. The fraction of sp³-hybridized carbons (Fsp3) is 0.750. The Bertz CT molecular complexity index is 383. The highest BCUT2D eigenvalue weighted by molar-refractivity contribution is 7.10. The average molecular weight is 279 g/mol. The van der Waals surface area contributed by atoms with Gasteiger partial charge in [-0.25, -0.2) is 0 Å². The van der Waals surface area contributed by atoms with Crippen molar-refractivity contribution in [2.75, 3.05) is 6.61 Å². The first-order chi connectivity index (χ1) is 9.31. The molecule has 3 rings (SSSR count). The molecule has 0 amide bonds. The molecule has 2 heterocycles. The van der Waals surface area contributed by atoms with Crippen molar-refractivity contribution in [3.63, 3.8) is 0 Å². The maximum atomic E-state index is 6.13. The van der Waals surface area contributed by atoms with Crippen LogP contribution in [0.3, 0.4) is 0 Å². The normalized spacial score (nSPS) is 27.7. The number of nitrogens with one attached hydrogen (secondary N) is 1. The zero-order chi connectivity index (χ0) is 13.1. The lowest BCUT2D eigenvalue weighted by molar-refractivity contribution is -0.0848. The molecule has 0 aromatic carbocycles. The van der Waals surface area contributed by atoms with Crippen LogP contribution in [0.5, 0.6) is 0 Å². The lowest BCUT2D eigenvalue weighted by Crippen LogP contribution is -2.46. The first-order valence-corrected chi connectivity index (χ1v) is 8.63. The molecule has 2 aliphatic rings. The molecule has 2 fully saturated rings. The molecule has 1 saturated carbocycles. The first kappa shape index (κ1) is 13.6. The number of thiophene rings is 1. The van der Waals surface area contributed by atoms with Gasteiger partial charge in [0.05, 0.1) is 5.60 Å². The maximum Gasteiger partial charge on any atom is 0.0697 e. The molecule has 19 heavy (non-hydrogen) atoms. The van der Waals surface area contributed by atoms with Gasteiger partial charge >= 0.3 is 0 Å². The molecule has 2 atom stereocenters. The fourth-order valence-electron chi connectivity index (χ4n) is 3.71. The number of hydrogen-bond donors (Lipinski definition) is 1. The second-order valence-corrected chi connectivity index (χ2v) is 7.05. The largest absolute Gasteiger partial charge is 0.375 e. The Morgan fingerprint density at radius 2 is 2.32 bits per heavy atom. The van der Waals surface area contributed by atoms with E-state index >= 15 is 0 Å². The zero-order valence-electron chi connectivity index (χ0n) is 11.9. The minimum Gasteiger partial charge on any atom is -0.375 e. The molecule has 106 valence electrons. The predicted molar refractivity (Wildman–Crippen MR) is 80.7 cm³/mol. The Labute approximate surface area is 120 Å². The summed E-state index contributed by atoms with van der Waals surface area (Å²) in [6.45, 7) is 3.22. The molecule has 2 unspecified atom stereocenters. The Morgan fingerprint density at radius 3 is 3.00 bits per heavy atom. The summed E-state index contributed by atoms with van der Waals surface area (Å²) in [5.41, 5.74) is 0.226. The van der Waals surface area contributed by atoms with E-state index in [0.29, 0.717) is 12.1 Å². The van der Waals surface area contributed by atoms with Gasteiger partial charge in [0.2, 0.25) is 0 Å². The summed E-state index contributed by atoms with van der Waals surface area (Å²) in [5.74, 6) is 0. The third-order valence-corrected chi connectivity index (χ3v) is 5.73. The van der Waals surface area contributed by atoms with E-state index in [-0.39, 0.29) is 5.60 Å². The second-order valence-electron chi connectivity index (χ2n) is 6.07. The molecule has 0 bridgehead atoms. The van der Waals surface area contributed by atoms with E-state index in [0.717, 1.165) is 6.61 Å². The van der Waals surface area contributed by atoms with Crippen molar-refractivity contribution in [3.05, 3.63) is 22.4 Å². The van der Waals surface area contributed by atoms with Gasteiger partial charge in [-0.2, -0.15) is 0 Å². The third kappa shape index (κ3) is 3.04. The molecule has 1 spiro atoms. The highest BCUT2D eigenvalue weighted by Crippen LogP contribution is 2.40. The summed E-state index contributed by atoms with van der Waals surface area (Å²) in [6.07, 6.45) is 8.83. The number of ether oxygens (including phenoxy) is 1. The van der Waals surface area contributed by atoms with E-state index in [1.807, 2.05) is 11.3 Å². The maximum absolute atomic E-state index is 6.13. The third-order valence-electron chi connectivity index (χ3n) is 4.74. The van der Waals surface area contributed by atoms with Crippen molar-refractivity contribution >= 4 is 11.3 Å². The van der Waals surface area contributed by atoms with Crippen LogP contribution in [-0.4, -0.2) is 18.2 Å². The van der Waals surface area contributed by atoms with Crippen LogP contribution in [0.4, 0.5) is 0 Å². The van der Waals surface area contributed by atoms with Crippen LogP contribution in [0.1, 0.15) is 62.8 Å². The number of hydrogen-bond acceptors (Lipinski definition) is 3. The van der Waals surface area contributed by atoms with E-state index in [1.54, 1.807) is 0 Å². The van der Waals surface area contributed by atoms with Gasteiger partial charge in [-0.15, -0.1) is 11.3 Å². The monoisotopic (exact) mass is 279 g/mol. The summed E-state index contributed by atoms with van der Waals surface area (Å²) in [6, 6.07) is 5.59. The van der Waals surface area contributed by atoms with Gasteiger partial charge < -0.3 is 10.1 Å². The van der Waals surface area contributed by atoms with Crippen LogP contribution < -0.4 is 5.32 Å². The molecule has 1 aliphatic heterocycles. The summed E-state index contributed by atoms with van der Waals surface area (Å²) >= 11 is 1.87. The van der Waals surface area contributed by atoms with E-state index in [2.05, 4.69) is 29.8 Å². The zero-order valence-corrected chi connectivity index (χ0v) is 12.7. The van der Waals surface area contributed by atoms with Crippen molar-refractivity contribution in [1.29, 1.82) is 0 Å². The molecular formula is C16H25NOS. The van der Waals surface area contributed by atoms with Crippen LogP contribution in [0.2, 0.25) is 0 Å². The van der Waals surface area contributed by atoms with Crippen molar-refractivity contribution in [2.24, 2.45) is 0 Å². The van der Waals surface area contributed by atoms with E-state index in [1.165, 1.54) is 49.8 Å². The lowest BCUT2D eigenvalue weighted by Gasteiger charge is -2.40. The number of rotatable bonds is 4. The highest BCUT2D eigenvalue weighted by atomic mass is 32.1. The Kier molecular flexibility index (Phi) is 4.25. The van der Waals surface area contributed by atoms with Crippen molar-refractivity contribution in [3.8, 4) is 0 Å². The van der Waals surface area contributed by atoms with E-state index < -0.39 is 0 Å². The average Bonchev–Trinajstić information content (AvgIpc) is 3.08. The Morgan fingerprint density at radius 1 is 1.47 bits per heavy atom. The topological polar surface area (TPSA) is 21.3 Å². The first-order valence-electron chi connectivity index (χ1n) is 7.75. The SMILES string of the molecule is CCC(NC1CCOC2(CCCC2)C1)c1cccs1. The molecule has 1 aliphatic carbocycles. The predicted octanol–water partition coefficient (Wildman–Crippen LogP) is 4.28. The molecule has 1 N–H and O–H groups in total. The van der Waals surface area contributed by atoms with E-state index in [4.69, 9.17) is 4.74 Å².